The Morgan fingerprint density at radius 2 is 2.07 bits per heavy atom. The van der Waals surface area contributed by atoms with Crippen LogP contribution in [0, 0.1) is 11.8 Å². The molecular formula is C10H14F2N2O. The minimum Gasteiger partial charge on any atom is -0.361 e. The number of Topliss-reactive ketones (excluding diaryl/α,β-unsaturated/α-hetero) is 1. The zero-order valence-electron chi connectivity index (χ0n) is 8.62. The van der Waals surface area contributed by atoms with Gasteiger partial charge in [0.15, 0.2) is 0 Å². The van der Waals surface area contributed by atoms with Gasteiger partial charge in [0.05, 0.1) is 0 Å². The van der Waals surface area contributed by atoms with Crippen molar-refractivity contribution in [1.29, 1.82) is 0 Å². The van der Waals surface area contributed by atoms with E-state index in [2.05, 4.69) is 4.79 Å². The molecule has 0 unspecified atom stereocenters. The summed E-state index contributed by atoms with van der Waals surface area (Å²) >= 11 is 0. The van der Waals surface area contributed by atoms with Crippen molar-refractivity contribution in [3.8, 4) is 0 Å². The second kappa shape index (κ2) is 4.62. The van der Waals surface area contributed by atoms with Crippen LogP contribution in [0.5, 0.6) is 0 Å². The smallest absolute Gasteiger partial charge is 0.323 e. The van der Waals surface area contributed by atoms with E-state index in [0.717, 1.165) is 6.21 Å². The van der Waals surface area contributed by atoms with Gasteiger partial charge in [0.1, 0.15) is 0 Å². The molecule has 0 spiro atoms. The van der Waals surface area contributed by atoms with Crippen molar-refractivity contribution in [1.82, 2.24) is 0 Å². The number of halogens is 2. The summed E-state index contributed by atoms with van der Waals surface area (Å²) in [6, 6.07) is 0. The summed E-state index contributed by atoms with van der Waals surface area (Å²) < 4.78 is 25.7. The third-order valence-electron chi connectivity index (χ3n) is 3.10. The number of rotatable bonds is 3. The molecule has 5 heteroatoms. The van der Waals surface area contributed by atoms with Crippen LogP contribution in [0.4, 0.5) is 8.78 Å². The summed E-state index contributed by atoms with van der Waals surface area (Å²) in [5.41, 5.74) is 8.20. The second-order valence-corrected chi connectivity index (χ2v) is 4.13. The van der Waals surface area contributed by atoms with Crippen molar-refractivity contribution >= 4 is 12.0 Å². The highest BCUT2D eigenvalue weighted by molar-refractivity contribution is 6.26. The first kappa shape index (κ1) is 12.0. The fourth-order valence-corrected chi connectivity index (χ4v) is 1.97. The van der Waals surface area contributed by atoms with Gasteiger partial charge in [0.2, 0.25) is 11.7 Å². The maximum absolute atomic E-state index is 12.8. The van der Waals surface area contributed by atoms with Gasteiger partial charge in [-0.15, -0.1) is 0 Å². The molecule has 0 radical (unpaired) electrons. The van der Waals surface area contributed by atoms with Crippen LogP contribution in [0.15, 0.2) is 0 Å². The van der Waals surface area contributed by atoms with Gasteiger partial charge in [-0.1, -0.05) is 6.92 Å². The number of carbonyl (C=O) groups excluding carboxylic acids is 1. The standard InChI is InChI=1S/C10H14F2N2O/c1-7(9(15)6-14-13)8-2-4-10(11,12)5-3-8/h6-8H,2-5H2,1H3/t7-/m0/s1. The third kappa shape index (κ3) is 3.20. The molecule has 0 aromatic heterocycles. The zero-order chi connectivity index (χ0) is 11.5. The Bertz CT molecular complexity index is 288. The van der Waals surface area contributed by atoms with Gasteiger partial charge in [-0.3, -0.25) is 4.79 Å². The Morgan fingerprint density at radius 1 is 1.53 bits per heavy atom. The van der Waals surface area contributed by atoms with Crippen LogP contribution >= 0.6 is 0 Å². The molecule has 1 aliphatic carbocycles. The quantitative estimate of drug-likeness (QED) is 0.405. The first-order valence-electron chi connectivity index (χ1n) is 5.05. The highest BCUT2D eigenvalue weighted by atomic mass is 19.3. The summed E-state index contributed by atoms with van der Waals surface area (Å²) in [5.74, 6) is -3.22. The SMILES string of the molecule is C[C@H](C(=O)C=[N+]=[N-])C1CCC(F)(F)CC1. The van der Waals surface area contributed by atoms with Crippen LogP contribution in [0.1, 0.15) is 32.6 Å². The van der Waals surface area contributed by atoms with Gasteiger partial charge in [-0.2, -0.15) is 4.79 Å². The molecule has 0 aromatic carbocycles. The van der Waals surface area contributed by atoms with E-state index in [1.165, 1.54) is 0 Å². The van der Waals surface area contributed by atoms with E-state index in [9.17, 15) is 13.6 Å². The molecule has 84 valence electrons. The van der Waals surface area contributed by atoms with Crippen LogP contribution in [0.3, 0.4) is 0 Å². The fraction of sp³-hybridized carbons (Fsp3) is 0.800. The molecule has 0 saturated heterocycles. The second-order valence-electron chi connectivity index (χ2n) is 4.13. The van der Waals surface area contributed by atoms with Crippen molar-refractivity contribution < 1.29 is 18.4 Å². The van der Waals surface area contributed by atoms with E-state index in [0.29, 0.717) is 12.8 Å². The van der Waals surface area contributed by atoms with Crippen LogP contribution in [0.2, 0.25) is 0 Å². The molecule has 3 nitrogen and oxygen atoms in total. The number of ketones is 1. The average molecular weight is 216 g/mol. The van der Waals surface area contributed by atoms with Crippen LogP contribution < -0.4 is 0 Å². The molecule has 0 bridgehead atoms. The largest absolute Gasteiger partial charge is 0.361 e. The normalized spacial score (nSPS) is 22.9. The number of nitrogens with zero attached hydrogens (tertiary/aromatic N) is 2. The number of hydrogen-bond donors (Lipinski definition) is 0. The van der Waals surface area contributed by atoms with Crippen molar-refractivity contribution in [3.05, 3.63) is 5.53 Å². The van der Waals surface area contributed by atoms with Gasteiger partial charge in [0.25, 0.3) is 0 Å². The zero-order valence-corrected chi connectivity index (χ0v) is 8.62. The van der Waals surface area contributed by atoms with E-state index < -0.39 is 5.92 Å². The van der Waals surface area contributed by atoms with Crippen molar-refractivity contribution in [2.24, 2.45) is 11.8 Å². The van der Waals surface area contributed by atoms with E-state index in [-0.39, 0.29) is 30.5 Å². The first-order chi connectivity index (χ1) is 6.96. The average Bonchev–Trinajstić information content (AvgIpc) is 2.17. The fourth-order valence-electron chi connectivity index (χ4n) is 1.97. The molecular weight excluding hydrogens is 202 g/mol. The van der Waals surface area contributed by atoms with Gasteiger partial charge < -0.3 is 5.53 Å². The maximum Gasteiger partial charge on any atom is 0.323 e. The summed E-state index contributed by atoms with van der Waals surface area (Å²) in [5, 5.41) is 0. The summed E-state index contributed by atoms with van der Waals surface area (Å²) in [4.78, 5) is 14.0. The molecule has 0 N–H and O–H groups in total. The number of carbonyl (C=O) groups is 1. The Kier molecular flexibility index (Phi) is 3.69. The Hall–Kier alpha value is -1.09. The Morgan fingerprint density at radius 3 is 2.53 bits per heavy atom. The van der Waals surface area contributed by atoms with Crippen molar-refractivity contribution in [2.45, 2.75) is 38.5 Å². The molecule has 15 heavy (non-hydrogen) atoms. The summed E-state index contributed by atoms with van der Waals surface area (Å²) in [6.07, 6.45) is 1.27. The van der Waals surface area contributed by atoms with Gasteiger partial charge in [0, 0.05) is 18.8 Å². The van der Waals surface area contributed by atoms with E-state index in [1.807, 2.05) is 0 Å². The van der Waals surface area contributed by atoms with Gasteiger partial charge in [-0.25, -0.2) is 8.78 Å². The highest BCUT2D eigenvalue weighted by Crippen LogP contribution is 2.39. The van der Waals surface area contributed by atoms with Crippen LogP contribution in [-0.4, -0.2) is 22.7 Å². The van der Waals surface area contributed by atoms with Crippen LogP contribution in [-0.2, 0) is 4.79 Å². The predicted molar refractivity (Wildman–Crippen MR) is 50.8 cm³/mol. The van der Waals surface area contributed by atoms with Crippen molar-refractivity contribution in [3.63, 3.8) is 0 Å². The molecule has 0 aliphatic heterocycles. The lowest BCUT2D eigenvalue weighted by atomic mass is 9.78. The molecule has 1 atom stereocenters. The molecule has 0 aromatic rings. The van der Waals surface area contributed by atoms with E-state index in [1.54, 1.807) is 6.92 Å². The lowest BCUT2D eigenvalue weighted by molar-refractivity contribution is -0.122. The van der Waals surface area contributed by atoms with Crippen LogP contribution in [0.25, 0.3) is 5.53 Å². The maximum atomic E-state index is 12.8. The Labute approximate surface area is 87.1 Å². The van der Waals surface area contributed by atoms with E-state index in [4.69, 9.17) is 5.53 Å². The topological polar surface area (TPSA) is 53.5 Å². The highest BCUT2D eigenvalue weighted by Gasteiger charge is 2.38. The van der Waals surface area contributed by atoms with Crippen molar-refractivity contribution in [2.75, 3.05) is 0 Å². The van der Waals surface area contributed by atoms with E-state index >= 15 is 0 Å². The molecule has 0 amide bonds. The molecule has 1 saturated carbocycles. The predicted octanol–water partition coefficient (Wildman–Crippen LogP) is 2.32. The number of hydrogen-bond acceptors (Lipinski definition) is 1. The van der Waals surface area contributed by atoms with Gasteiger partial charge >= 0.3 is 6.21 Å². The summed E-state index contributed by atoms with van der Waals surface area (Å²) in [7, 11) is 0. The molecule has 0 heterocycles. The molecule has 1 rings (SSSR count). The lowest BCUT2D eigenvalue weighted by Gasteiger charge is -2.30. The molecule has 1 aliphatic rings. The molecule has 1 fully saturated rings. The minimum absolute atomic E-state index is 0.0184. The number of alkyl halides is 2. The summed E-state index contributed by atoms with van der Waals surface area (Å²) in [6.45, 7) is 1.69. The minimum atomic E-state index is -2.57. The lowest BCUT2D eigenvalue weighted by Crippen LogP contribution is -2.31. The Balaban J connectivity index is 2.53. The first-order valence-corrected chi connectivity index (χ1v) is 5.05. The third-order valence-corrected chi connectivity index (χ3v) is 3.10. The monoisotopic (exact) mass is 216 g/mol. The van der Waals surface area contributed by atoms with Gasteiger partial charge in [-0.05, 0) is 18.8 Å².